The number of urea groups is 2. The van der Waals surface area contributed by atoms with Gasteiger partial charge in [0, 0.05) is 38.9 Å². The highest BCUT2D eigenvalue weighted by molar-refractivity contribution is 6.02. The molecule has 0 spiro atoms. The Hall–Kier alpha value is -4.71. The van der Waals surface area contributed by atoms with E-state index in [1.165, 1.54) is 54.5 Å². The number of carbonyl (C=O) groups excluding carboxylic acids is 3. The van der Waals surface area contributed by atoms with E-state index in [9.17, 15) is 23.2 Å². The number of halogens is 2. The zero-order valence-electron chi connectivity index (χ0n) is 24.4. The van der Waals surface area contributed by atoms with Gasteiger partial charge in [-0.05, 0) is 49.4 Å². The molecular formula is C31H35F2N5O5. The Morgan fingerprint density at radius 3 is 2.16 bits per heavy atom. The number of ether oxygens (including phenoxy) is 2. The molecule has 1 aliphatic rings. The molecule has 0 fully saturated rings. The summed E-state index contributed by atoms with van der Waals surface area (Å²) in [5.74, 6) is -1.50. The van der Waals surface area contributed by atoms with E-state index in [1.807, 2.05) is 6.92 Å². The van der Waals surface area contributed by atoms with Crippen molar-refractivity contribution in [2.45, 2.75) is 26.0 Å². The Morgan fingerprint density at radius 1 is 0.907 bits per heavy atom. The topological polar surface area (TPSA) is 112 Å². The number of hydrogen-bond donors (Lipinski definition) is 3. The van der Waals surface area contributed by atoms with Crippen molar-refractivity contribution in [3.8, 4) is 5.75 Å². The van der Waals surface area contributed by atoms with Gasteiger partial charge in [0.1, 0.15) is 24.0 Å². The fourth-order valence-electron chi connectivity index (χ4n) is 4.73. The Morgan fingerprint density at radius 2 is 1.53 bits per heavy atom. The standard InChI is InChI=1S/C31H35F2N5O5/c1-19-16-38(31(41)36-26-12-8-6-10-24(26)33)20(2)18-43-27-14-13-21(15-22(27)29(39)37(3)17-28(19)42-4)34-30(40)35-25-11-7-5-9-23(25)32/h5-15,19-20,28H,16-18H2,1-4H3,(H,36,41)(H2,34,35,40)/t19-,20-,28-/m1/s1. The summed E-state index contributed by atoms with van der Waals surface area (Å²) in [4.78, 5) is 42.5. The fraction of sp³-hybridized carbons (Fsp3) is 0.323. The van der Waals surface area contributed by atoms with E-state index in [0.717, 1.165) is 0 Å². The number of anilines is 3. The summed E-state index contributed by atoms with van der Waals surface area (Å²) < 4.78 is 40.0. The first-order valence-corrected chi connectivity index (χ1v) is 13.8. The lowest BCUT2D eigenvalue weighted by Crippen LogP contribution is -2.50. The molecule has 0 unspecified atom stereocenters. The van der Waals surface area contributed by atoms with Crippen LogP contribution in [-0.2, 0) is 4.74 Å². The highest BCUT2D eigenvalue weighted by Gasteiger charge is 2.31. The largest absolute Gasteiger partial charge is 0.491 e. The zero-order chi connectivity index (χ0) is 31.1. The second kappa shape index (κ2) is 14.0. The van der Waals surface area contributed by atoms with Crippen LogP contribution >= 0.6 is 0 Å². The number of nitrogens with one attached hydrogen (secondary N) is 3. The Bertz CT molecular complexity index is 1470. The van der Waals surface area contributed by atoms with Gasteiger partial charge in [0.05, 0.1) is 29.1 Å². The molecule has 10 nitrogen and oxygen atoms in total. The summed E-state index contributed by atoms with van der Waals surface area (Å²) >= 11 is 0. The summed E-state index contributed by atoms with van der Waals surface area (Å²) in [6, 6.07) is 14.5. The van der Waals surface area contributed by atoms with Crippen molar-refractivity contribution < 1.29 is 32.6 Å². The van der Waals surface area contributed by atoms with Gasteiger partial charge < -0.3 is 35.2 Å². The molecule has 4 rings (SSSR count). The Kier molecular flexibility index (Phi) is 10.1. The van der Waals surface area contributed by atoms with Crippen LogP contribution in [-0.4, -0.2) is 73.8 Å². The molecule has 0 aliphatic carbocycles. The number of carbonyl (C=O) groups is 3. The third-order valence-corrected chi connectivity index (χ3v) is 7.20. The first kappa shape index (κ1) is 31.2. The van der Waals surface area contributed by atoms with Crippen molar-refractivity contribution in [3.63, 3.8) is 0 Å². The number of hydrogen-bond acceptors (Lipinski definition) is 5. The number of nitrogens with zero attached hydrogens (tertiary/aromatic N) is 2. The van der Waals surface area contributed by atoms with E-state index in [0.29, 0.717) is 0 Å². The Labute approximate surface area is 248 Å². The molecule has 0 aromatic heterocycles. The summed E-state index contributed by atoms with van der Waals surface area (Å²) in [6.45, 7) is 4.15. The molecule has 43 heavy (non-hydrogen) atoms. The molecule has 3 aromatic rings. The van der Waals surface area contributed by atoms with Gasteiger partial charge in [0.2, 0.25) is 0 Å². The van der Waals surface area contributed by atoms with Gasteiger partial charge in [0.25, 0.3) is 5.91 Å². The highest BCUT2D eigenvalue weighted by atomic mass is 19.1. The third kappa shape index (κ3) is 7.77. The molecule has 3 aromatic carbocycles. The molecule has 228 valence electrons. The average molecular weight is 596 g/mol. The van der Waals surface area contributed by atoms with Crippen molar-refractivity contribution in [2.75, 3.05) is 49.8 Å². The van der Waals surface area contributed by atoms with Crippen LogP contribution < -0.4 is 20.7 Å². The van der Waals surface area contributed by atoms with Gasteiger partial charge in [-0.1, -0.05) is 31.2 Å². The molecule has 3 atom stereocenters. The maximum Gasteiger partial charge on any atom is 0.323 e. The number of para-hydroxylation sites is 2. The molecule has 5 amide bonds. The maximum absolute atomic E-state index is 14.3. The van der Waals surface area contributed by atoms with Crippen LogP contribution in [0.3, 0.4) is 0 Å². The number of methoxy groups -OCH3 is 1. The predicted molar refractivity (Wildman–Crippen MR) is 159 cm³/mol. The SMILES string of the molecule is CO[C@@H]1CN(C)C(=O)c2cc(NC(=O)Nc3ccccc3F)ccc2OC[C@@H](C)N(C(=O)Nc2ccccc2F)C[C@H]1C. The number of fused-ring (bicyclic) bond motifs is 1. The molecule has 1 heterocycles. The van der Waals surface area contributed by atoms with E-state index >= 15 is 0 Å². The van der Waals surface area contributed by atoms with Crippen LogP contribution in [0.15, 0.2) is 66.7 Å². The van der Waals surface area contributed by atoms with Gasteiger partial charge in [-0.3, -0.25) is 4.79 Å². The second-order valence-corrected chi connectivity index (χ2v) is 10.4. The molecule has 0 radical (unpaired) electrons. The number of amides is 5. The van der Waals surface area contributed by atoms with Crippen molar-refractivity contribution >= 4 is 35.0 Å². The van der Waals surface area contributed by atoms with Crippen molar-refractivity contribution in [1.29, 1.82) is 0 Å². The first-order valence-electron chi connectivity index (χ1n) is 13.8. The van der Waals surface area contributed by atoms with Crippen LogP contribution in [0.2, 0.25) is 0 Å². The summed E-state index contributed by atoms with van der Waals surface area (Å²) in [5, 5.41) is 7.69. The van der Waals surface area contributed by atoms with Gasteiger partial charge in [-0.2, -0.15) is 0 Å². The van der Waals surface area contributed by atoms with Crippen molar-refractivity contribution in [3.05, 3.63) is 83.9 Å². The van der Waals surface area contributed by atoms with Crippen molar-refractivity contribution in [2.24, 2.45) is 5.92 Å². The van der Waals surface area contributed by atoms with E-state index < -0.39 is 35.8 Å². The first-order chi connectivity index (χ1) is 20.6. The predicted octanol–water partition coefficient (Wildman–Crippen LogP) is 5.65. The average Bonchev–Trinajstić information content (AvgIpc) is 2.98. The molecular weight excluding hydrogens is 560 g/mol. The Balaban J connectivity index is 1.59. The quantitative estimate of drug-likeness (QED) is 0.361. The zero-order valence-corrected chi connectivity index (χ0v) is 24.4. The van der Waals surface area contributed by atoms with Gasteiger partial charge >= 0.3 is 12.1 Å². The molecule has 1 aliphatic heterocycles. The van der Waals surface area contributed by atoms with Crippen LogP contribution in [0.1, 0.15) is 24.2 Å². The lowest BCUT2D eigenvalue weighted by Gasteiger charge is -2.36. The van der Waals surface area contributed by atoms with Crippen LogP contribution in [0.4, 0.5) is 35.4 Å². The van der Waals surface area contributed by atoms with E-state index in [2.05, 4.69) is 16.0 Å². The summed E-state index contributed by atoms with van der Waals surface area (Å²) in [6.07, 6.45) is -0.443. The molecule has 0 bridgehead atoms. The second-order valence-electron chi connectivity index (χ2n) is 10.4. The minimum absolute atomic E-state index is 0.00255. The molecule has 12 heteroatoms. The lowest BCUT2D eigenvalue weighted by molar-refractivity contribution is 0.0174. The van der Waals surface area contributed by atoms with Crippen LogP contribution in [0, 0.1) is 17.6 Å². The number of benzene rings is 3. The smallest absolute Gasteiger partial charge is 0.323 e. The monoisotopic (exact) mass is 595 g/mol. The van der Waals surface area contributed by atoms with Crippen LogP contribution in [0.5, 0.6) is 5.75 Å². The molecule has 0 saturated heterocycles. The summed E-state index contributed by atoms with van der Waals surface area (Å²) in [7, 11) is 3.15. The minimum atomic E-state index is -0.696. The van der Waals surface area contributed by atoms with Gasteiger partial charge in [-0.25, -0.2) is 18.4 Å². The lowest BCUT2D eigenvalue weighted by atomic mass is 10.0. The van der Waals surface area contributed by atoms with Gasteiger partial charge in [0.15, 0.2) is 0 Å². The third-order valence-electron chi connectivity index (χ3n) is 7.20. The molecule has 3 N–H and O–H groups in total. The maximum atomic E-state index is 14.3. The van der Waals surface area contributed by atoms with Crippen molar-refractivity contribution in [1.82, 2.24) is 9.80 Å². The summed E-state index contributed by atoms with van der Waals surface area (Å²) in [5.41, 5.74) is 0.504. The van der Waals surface area contributed by atoms with Gasteiger partial charge in [-0.15, -0.1) is 0 Å². The molecule has 0 saturated carbocycles. The number of rotatable bonds is 4. The van der Waals surface area contributed by atoms with E-state index in [-0.39, 0.29) is 59.9 Å². The highest BCUT2D eigenvalue weighted by Crippen LogP contribution is 2.27. The van der Waals surface area contributed by atoms with E-state index in [4.69, 9.17) is 9.47 Å². The fourth-order valence-corrected chi connectivity index (χ4v) is 4.73. The van der Waals surface area contributed by atoms with Crippen LogP contribution in [0.25, 0.3) is 0 Å². The minimum Gasteiger partial charge on any atom is -0.491 e. The number of likely N-dealkylation sites (N-methyl/N-ethyl adjacent to an activating group) is 1. The normalized spacial score (nSPS) is 19.3. The van der Waals surface area contributed by atoms with E-state index in [1.54, 1.807) is 43.1 Å².